The number of benzene rings is 2. The predicted octanol–water partition coefficient (Wildman–Crippen LogP) is 3.22. The normalized spacial score (nSPS) is 13.5. The third-order valence-corrected chi connectivity index (χ3v) is 4.23. The van der Waals surface area contributed by atoms with E-state index < -0.39 is 0 Å². The van der Waals surface area contributed by atoms with Crippen molar-refractivity contribution in [2.24, 2.45) is 5.10 Å². The number of amides is 1. The van der Waals surface area contributed by atoms with Gasteiger partial charge in [-0.3, -0.25) is 9.80 Å². The molecule has 0 aliphatic carbocycles. The summed E-state index contributed by atoms with van der Waals surface area (Å²) in [5.74, 6) is 0.824. The van der Waals surface area contributed by atoms with Crippen LogP contribution < -0.4 is 10.1 Å². The summed E-state index contributed by atoms with van der Waals surface area (Å²) in [6.45, 7) is 1.18. The summed E-state index contributed by atoms with van der Waals surface area (Å²) in [5.41, 5.74) is 2.23. The van der Waals surface area contributed by atoms with Gasteiger partial charge in [0, 0.05) is 37.3 Å². The van der Waals surface area contributed by atoms with Gasteiger partial charge >= 0.3 is 0 Å². The molecule has 0 saturated heterocycles. The predicted molar refractivity (Wildman–Crippen MR) is 108 cm³/mol. The maximum Gasteiger partial charge on any atom is 0.248 e. The molecule has 7 heteroatoms. The van der Waals surface area contributed by atoms with Gasteiger partial charge in [0.2, 0.25) is 11.8 Å². The van der Waals surface area contributed by atoms with Gasteiger partial charge in [-0.15, -0.1) is 5.10 Å². The minimum atomic E-state index is -0.277. The van der Waals surface area contributed by atoms with Crippen molar-refractivity contribution < 1.29 is 19.4 Å². The van der Waals surface area contributed by atoms with E-state index in [9.17, 15) is 9.90 Å². The number of aromatic hydroxyl groups is 1. The molecule has 0 saturated carbocycles. The van der Waals surface area contributed by atoms with E-state index in [2.05, 4.69) is 10.4 Å². The molecule has 28 heavy (non-hydrogen) atoms. The summed E-state index contributed by atoms with van der Waals surface area (Å²) in [6, 6.07) is 12.4. The maximum atomic E-state index is 12.3. The van der Waals surface area contributed by atoms with Crippen LogP contribution in [0.5, 0.6) is 11.5 Å². The number of nitrogens with one attached hydrogen (secondary N) is 1. The van der Waals surface area contributed by atoms with Gasteiger partial charge in [0.25, 0.3) is 0 Å². The first kappa shape index (κ1) is 19.3. The molecule has 3 rings (SSSR count). The number of para-hydroxylation sites is 1. The number of anilines is 1. The molecule has 2 aromatic rings. The summed E-state index contributed by atoms with van der Waals surface area (Å²) in [4.78, 5) is 12.3. The molecule has 146 valence electrons. The monoisotopic (exact) mass is 381 g/mol. The fourth-order valence-corrected chi connectivity index (χ4v) is 2.74. The fourth-order valence-electron chi connectivity index (χ4n) is 2.74. The van der Waals surface area contributed by atoms with E-state index in [-0.39, 0.29) is 11.7 Å². The molecule has 0 spiro atoms. The van der Waals surface area contributed by atoms with Crippen molar-refractivity contribution in [3.8, 4) is 11.5 Å². The second kappa shape index (κ2) is 8.94. The number of ether oxygens (including phenoxy) is 2. The number of hydrogen-bond acceptors (Lipinski definition) is 6. The first-order valence-corrected chi connectivity index (χ1v) is 8.90. The van der Waals surface area contributed by atoms with Gasteiger partial charge in [0.15, 0.2) is 11.5 Å². The van der Waals surface area contributed by atoms with E-state index in [0.29, 0.717) is 29.5 Å². The molecule has 0 radical (unpaired) electrons. The molecule has 2 N–H and O–H groups in total. The van der Waals surface area contributed by atoms with Gasteiger partial charge in [0.1, 0.15) is 6.61 Å². The van der Waals surface area contributed by atoms with E-state index in [1.165, 1.54) is 19.3 Å². The number of carbonyl (C=O) groups excluding carboxylic acids is 1. The Labute approximate surface area is 163 Å². The molecule has 1 aliphatic heterocycles. The summed E-state index contributed by atoms with van der Waals surface area (Å²) in [7, 11) is 3.39. The largest absolute Gasteiger partial charge is 0.504 e. The van der Waals surface area contributed by atoms with Crippen LogP contribution in [0.15, 0.2) is 53.6 Å². The molecule has 0 unspecified atom stereocenters. The second-order valence-electron chi connectivity index (χ2n) is 6.32. The van der Waals surface area contributed by atoms with Crippen molar-refractivity contribution in [1.29, 1.82) is 0 Å². The van der Waals surface area contributed by atoms with Gasteiger partial charge in [-0.05, 0) is 29.8 Å². The number of phenols is 1. The molecule has 7 nitrogen and oxygen atoms in total. The van der Waals surface area contributed by atoms with Crippen LogP contribution in [-0.4, -0.2) is 42.6 Å². The molecule has 0 atom stereocenters. The van der Waals surface area contributed by atoms with Crippen LogP contribution in [0.3, 0.4) is 0 Å². The fraction of sp³-hybridized carbons (Fsp3) is 0.238. The third kappa shape index (κ3) is 5.03. The van der Waals surface area contributed by atoms with Crippen LogP contribution in [0.2, 0.25) is 0 Å². The highest BCUT2D eigenvalue weighted by atomic mass is 16.5. The highest BCUT2D eigenvalue weighted by molar-refractivity contribution is 6.02. The minimum Gasteiger partial charge on any atom is -0.504 e. The Balaban J connectivity index is 1.62. The lowest BCUT2D eigenvalue weighted by atomic mass is 10.1. The Bertz CT molecular complexity index is 908. The summed E-state index contributed by atoms with van der Waals surface area (Å²) in [5, 5.41) is 18.8. The highest BCUT2D eigenvalue weighted by Crippen LogP contribution is 2.26. The number of phenolic OH excluding ortho intramolecular Hbond substituents is 1. The van der Waals surface area contributed by atoms with Gasteiger partial charge < -0.3 is 19.9 Å². The Morgan fingerprint density at radius 3 is 2.86 bits per heavy atom. The average molecular weight is 381 g/mol. The third-order valence-electron chi connectivity index (χ3n) is 4.23. The molecular formula is C21H23N3O4. The van der Waals surface area contributed by atoms with Gasteiger partial charge in [-0.2, -0.15) is 0 Å². The van der Waals surface area contributed by atoms with Crippen LogP contribution in [0.4, 0.5) is 5.69 Å². The van der Waals surface area contributed by atoms with Crippen molar-refractivity contribution >= 4 is 23.6 Å². The van der Waals surface area contributed by atoms with E-state index in [1.807, 2.05) is 36.3 Å². The SMILES string of the molecule is COc1ccc(/C=C/C(=O)Nc2ccccc2COC2=NN(C)CC2)cc1O. The van der Waals surface area contributed by atoms with Gasteiger partial charge in [0.05, 0.1) is 7.11 Å². The zero-order valence-electron chi connectivity index (χ0n) is 15.9. The van der Waals surface area contributed by atoms with E-state index in [4.69, 9.17) is 9.47 Å². The van der Waals surface area contributed by atoms with Crippen LogP contribution in [-0.2, 0) is 16.1 Å². The zero-order valence-corrected chi connectivity index (χ0v) is 15.9. The van der Waals surface area contributed by atoms with Gasteiger partial charge in [-0.1, -0.05) is 24.3 Å². The van der Waals surface area contributed by atoms with E-state index in [0.717, 1.165) is 18.5 Å². The standard InChI is InChI=1S/C21H23N3O4/c1-24-12-11-21(23-24)28-14-16-5-3-4-6-17(16)22-20(26)10-8-15-7-9-19(27-2)18(25)13-15/h3-10,13,25H,11-12,14H2,1-2H3,(H,22,26)/b10-8+. The second-order valence-corrected chi connectivity index (χ2v) is 6.32. The molecule has 2 aromatic carbocycles. The van der Waals surface area contributed by atoms with Crippen LogP contribution in [0, 0.1) is 0 Å². The first-order valence-electron chi connectivity index (χ1n) is 8.90. The number of rotatable bonds is 6. The van der Waals surface area contributed by atoms with Crippen molar-refractivity contribution in [3.05, 3.63) is 59.7 Å². The molecule has 1 aliphatic rings. The smallest absolute Gasteiger partial charge is 0.248 e. The van der Waals surface area contributed by atoms with Gasteiger partial charge in [-0.25, -0.2) is 0 Å². The van der Waals surface area contributed by atoms with Crippen LogP contribution >= 0.6 is 0 Å². The lowest BCUT2D eigenvalue weighted by molar-refractivity contribution is -0.111. The topological polar surface area (TPSA) is 83.4 Å². The number of hydrazone groups is 1. The van der Waals surface area contributed by atoms with Crippen molar-refractivity contribution in [1.82, 2.24) is 5.01 Å². The first-order chi connectivity index (χ1) is 13.5. The van der Waals surface area contributed by atoms with Crippen molar-refractivity contribution in [2.45, 2.75) is 13.0 Å². The quantitative estimate of drug-likeness (QED) is 0.751. The number of hydrogen-bond donors (Lipinski definition) is 2. The highest BCUT2D eigenvalue weighted by Gasteiger charge is 2.13. The number of carbonyl (C=O) groups is 1. The van der Waals surface area contributed by atoms with Crippen LogP contribution in [0.1, 0.15) is 17.5 Å². The van der Waals surface area contributed by atoms with E-state index in [1.54, 1.807) is 18.2 Å². The molecule has 0 fully saturated rings. The molecular weight excluding hydrogens is 358 g/mol. The summed E-state index contributed by atoms with van der Waals surface area (Å²) >= 11 is 0. The number of methoxy groups -OCH3 is 1. The Morgan fingerprint density at radius 2 is 2.14 bits per heavy atom. The summed E-state index contributed by atoms with van der Waals surface area (Å²) in [6.07, 6.45) is 3.81. The average Bonchev–Trinajstić information content (AvgIpc) is 3.11. The Morgan fingerprint density at radius 1 is 1.32 bits per heavy atom. The van der Waals surface area contributed by atoms with Crippen LogP contribution in [0.25, 0.3) is 6.08 Å². The summed E-state index contributed by atoms with van der Waals surface area (Å²) < 4.78 is 10.8. The molecule has 1 heterocycles. The lowest BCUT2D eigenvalue weighted by Crippen LogP contribution is -2.11. The molecule has 0 bridgehead atoms. The number of nitrogens with zero attached hydrogens (tertiary/aromatic N) is 2. The lowest BCUT2D eigenvalue weighted by Gasteiger charge is -2.11. The van der Waals surface area contributed by atoms with Crippen molar-refractivity contribution in [3.63, 3.8) is 0 Å². The van der Waals surface area contributed by atoms with E-state index >= 15 is 0 Å². The molecule has 0 aromatic heterocycles. The zero-order chi connectivity index (χ0) is 19.9. The van der Waals surface area contributed by atoms with Crippen molar-refractivity contribution in [2.75, 3.05) is 26.0 Å². The molecule has 1 amide bonds. The maximum absolute atomic E-state index is 12.3. The Hall–Kier alpha value is -3.48. The minimum absolute atomic E-state index is 0.0213. The Kier molecular flexibility index (Phi) is 6.16.